The minimum atomic E-state index is -0.0675. The van der Waals surface area contributed by atoms with Crippen molar-refractivity contribution in [2.75, 3.05) is 0 Å². The highest BCUT2D eigenvalue weighted by Gasteiger charge is 2.12. The van der Waals surface area contributed by atoms with E-state index in [1.165, 1.54) is 4.88 Å². The summed E-state index contributed by atoms with van der Waals surface area (Å²) in [7, 11) is 0. The Morgan fingerprint density at radius 2 is 2.10 bits per heavy atom. The van der Waals surface area contributed by atoms with E-state index in [9.17, 15) is 4.79 Å². The Kier molecular flexibility index (Phi) is 6.27. The SMILES string of the molecule is CC(NC(=O)CCCc1ccc(Br)s1)c1ccccc1Cl. The van der Waals surface area contributed by atoms with E-state index < -0.39 is 0 Å². The molecule has 0 bridgehead atoms. The van der Waals surface area contributed by atoms with Crippen molar-refractivity contribution >= 4 is 44.8 Å². The standard InChI is InChI=1S/C16H17BrClNOS/c1-11(13-6-2-3-7-14(13)18)19-16(20)8-4-5-12-9-10-15(17)21-12/h2-3,6-7,9-11H,4-5,8H2,1H3,(H,19,20). The van der Waals surface area contributed by atoms with E-state index in [0.29, 0.717) is 11.4 Å². The lowest BCUT2D eigenvalue weighted by Gasteiger charge is -2.15. The predicted octanol–water partition coefficient (Wildman–Crippen LogP) is 5.36. The van der Waals surface area contributed by atoms with Gasteiger partial charge in [-0.05, 0) is 59.5 Å². The largest absolute Gasteiger partial charge is 0.350 e. The number of carbonyl (C=O) groups excluding carboxylic acids is 1. The molecule has 1 atom stereocenters. The van der Waals surface area contributed by atoms with Gasteiger partial charge in [0, 0.05) is 16.3 Å². The highest BCUT2D eigenvalue weighted by Crippen LogP contribution is 2.24. The molecule has 5 heteroatoms. The molecule has 2 nitrogen and oxygen atoms in total. The molecule has 0 fully saturated rings. The number of amides is 1. The van der Waals surface area contributed by atoms with Crippen molar-refractivity contribution in [3.8, 4) is 0 Å². The van der Waals surface area contributed by atoms with Gasteiger partial charge in [0.1, 0.15) is 0 Å². The smallest absolute Gasteiger partial charge is 0.220 e. The summed E-state index contributed by atoms with van der Waals surface area (Å²) in [4.78, 5) is 13.3. The van der Waals surface area contributed by atoms with Gasteiger partial charge in [-0.1, -0.05) is 29.8 Å². The summed E-state index contributed by atoms with van der Waals surface area (Å²) in [5, 5.41) is 3.69. The molecule has 1 aromatic carbocycles. The molecule has 1 amide bonds. The maximum atomic E-state index is 12.0. The maximum absolute atomic E-state index is 12.0. The second-order valence-corrected chi connectivity index (χ2v) is 7.82. The fourth-order valence-electron chi connectivity index (χ4n) is 2.13. The second kappa shape index (κ2) is 7.97. The Labute approximate surface area is 142 Å². The van der Waals surface area contributed by atoms with Crippen molar-refractivity contribution in [1.29, 1.82) is 0 Å². The van der Waals surface area contributed by atoms with E-state index in [4.69, 9.17) is 11.6 Å². The number of hydrogen-bond acceptors (Lipinski definition) is 2. The zero-order valence-electron chi connectivity index (χ0n) is 11.7. The fourth-order valence-corrected chi connectivity index (χ4v) is 3.95. The first-order chi connectivity index (χ1) is 10.1. The molecular weight excluding hydrogens is 370 g/mol. The number of rotatable bonds is 6. The van der Waals surface area contributed by atoms with Gasteiger partial charge in [0.05, 0.1) is 9.83 Å². The lowest BCUT2D eigenvalue weighted by molar-refractivity contribution is -0.121. The van der Waals surface area contributed by atoms with E-state index in [1.807, 2.05) is 37.3 Å². The Bertz CT molecular complexity index is 614. The number of aryl methyl sites for hydroxylation is 1. The molecular formula is C16H17BrClNOS. The second-order valence-electron chi connectivity index (χ2n) is 4.87. The molecule has 1 aromatic heterocycles. The van der Waals surface area contributed by atoms with Crippen molar-refractivity contribution < 1.29 is 4.79 Å². The van der Waals surface area contributed by atoms with Gasteiger partial charge in [0.15, 0.2) is 0 Å². The van der Waals surface area contributed by atoms with E-state index in [-0.39, 0.29) is 11.9 Å². The van der Waals surface area contributed by atoms with E-state index in [1.54, 1.807) is 11.3 Å². The zero-order chi connectivity index (χ0) is 15.2. The monoisotopic (exact) mass is 385 g/mol. The minimum Gasteiger partial charge on any atom is -0.350 e. The van der Waals surface area contributed by atoms with Crippen LogP contribution in [-0.4, -0.2) is 5.91 Å². The molecule has 0 aliphatic heterocycles. The van der Waals surface area contributed by atoms with Crippen LogP contribution < -0.4 is 5.32 Å². The molecule has 1 N–H and O–H groups in total. The van der Waals surface area contributed by atoms with Crippen LogP contribution in [0.1, 0.15) is 36.2 Å². The fraction of sp³-hybridized carbons (Fsp3) is 0.312. The quantitative estimate of drug-likeness (QED) is 0.711. The first-order valence-electron chi connectivity index (χ1n) is 6.84. The lowest BCUT2D eigenvalue weighted by atomic mass is 10.1. The van der Waals surface area contributed by atoms with Crippen LogP contribution in [0.4, 0.5) is 0 Å². The van der Waals surface area contributed by atoms with Gasteiger partial charge in [0.25, 0.3) is 0 Å². The van der Waals surface area contributed by atoms with Crippen LogP contribution in [0.3, 0.4) is 0 Å². The number of hydrogen-bond donors (Lipinski definition) is 1. The number of halogens is 2. The van der Waals surface area contributed by atoms with Crippen LogP contribution in [0.5, 0.6) is 0 Å². The summed E-state index contributed by atoms with van der Waals surface area (Å²) < 4.78 is 1.13. The van der Waals surface area contributed by atoms with Crippen LogP contribution in [0.2, 0.25) is 5.02 Å². The molecule has 2 rings (SSSR count). The van der Waals surface area contributed by atoms with Crippen LogP contribution in [-0.2, 0) is 11.2 Å². The molecule has 0 aliphatic rings. The average Bonchev–Trinajstić information content (AvgIpc) is 2.84. The summed E-state index contributed by atoms with van der Waals surface area (Å²) >= 11 is 11.3. The molecule has 0 saturated heterocycles. The first-order valence-corrected chi connectivity index (χ1v) is 8.83. The molecule has 0 saturated carbocycles. The number of carbonyl (C=O) groups is 1. The predicted molar refractivity (Wildman–Crippen MR) is 93.0 cm³/mol. The van der Waals surface area contributed by atoms with E-state index >= 15 is 0 Å². The highest BCUT2D eigenvalue weighted by atomic mass is 79.9. The van der Waals surface area contributed by atoms with Gasteiger partial charge in [-0.15, -0.1) is 11.3 Å². The van der Waals surface area contributed by atoms with E-state index in [2.05, 4.69) is 27.3 Å². The molecule has 1 unspecified atom stereocenters. The topological polar surface area (TPSA) is 29.1 Å². The molecule has 0 spiro atoms. The summed E-state index contributed by atoms with van der Waals surface area (Å²) in [5.41, 5.74) is 0.953. The average molecular weight is 387 g/mol. The minimum absolute atomic E-state index is 0.0675. The molecule has 21 heavy (non-hydrogen) atoms. The highest BCUT2D eigenvalue weighted by molar-refractivity contribution is 9.11. The van der Waals surface area contributed by atoms with Crippen LogP contribution in [0.15, 0.2) is 40.2 Å². The van der Waals surface area contributed by atoms with Gasteiger partial charge in [-0.2, -0.15) is 0 Å². The Morgan fingerprint density at radius 1 is 1.33 bits per heavy atom. The van der Waals surface area contributed by atoms with Gasteiger partial charge >= 0.3 is 0 Å². The molecule has 0 aliphatic carbocycles. The van der Waals surface area contributed by atoms with E-state index in [0.717, 1.165) is 22.2 Å². The van der Waals surface area contributed by atoms with Crippen molar-refractivity contribution in [1.82, 2.24) is 5.32 Å². The van der Waals surface area contributed by atoms with Gasteiger partial charge < -0.3 is 5.32 Å². The lowest BCUT2D eigenvalue weighted by Crippen LogP contribution is -2.26. The normalized spacial score (nSPS) is 12.1. The number of benzene rings is 1. The maximum Gasteiger partial charge on any atom is 0.220 e. The van der Waals surface area contributed by atoms with Crippen molar-refractivity contribution in [3.63, 3.8) is 0 Å². The summed E-state index contributed by atoms with van der Waals surface area (Å²) in [5.74, 6) is 0.0676. The number of nitrogens with one attached hydrogen (secondary N) is 1. The molecule has 0 radical (unpaired) electrons. The Balaban J connectivity index is 1.78. The van der Waals surface area contributed by atoms with Crippen molar-refractivity contribution in [3.05, 3.63) is 55.6 Å². The molecule has 2 aromatic rings. The third kappa shape index (κ3) is 5.13. The van der Waals surface area contributed by atoms with Crippen LogP contribution in [0.25, 0.3) is 0 Å². The summed E-state index contributed by atoms with van der Waals surface area (Å²) in [6.45, 7) is 1.95. The van der Waals surface area contributed by atoms with Crippen LogP contribution in [0, 0.1) is 0 Å². The zero-order valence-corrected chi connectivity index (χ0v) is 14.9. The van der Waals surface area contributed by atoms with Crippen molar-refractivity contribution in [2.45, 2.75) is 32.2 Å². The van der Waals surface area contributed by atoms with Crippen molar-refractivity contribution in [2.24, 2.45) is 0 Å². The van der Waals surface area contributed by atoms with Crippen LogP contribution >= 0.6 is 38.9 Å². The number of thiophene rings is 1. The van der Waals surface area contributed by atoms with Gasteiger partial charge in [0.2, 0.25) is 5.91 Å². The molecule has 1 heterocycles. The van der Waals surface area contributed by atoms with Gasteiger partial charge in [-0.25, -0.2) is 0 Å². The molecule has 112 valence electrons. The Morgan fingerprint density at radius 3 is 2.76 bits per heavy atom. The summed E-state index contributed by atoms with van der Waals surface area (Å²) in [6.07, 6.45) is 2.32. The van der Waals surface area contributed by atoms with Gasteiger partial charge in [-0.3, -0.25) is 4.79 Å². The summed E-state index contributed by atoms with van der Waals surface area (Å²) in [6, 6.07) is 11.7. The Hall–Kier alpha value is -0.840. The third-order valence-corrected chi connectivity index (χ3v) is 5.23. The third-order valence-electron chi connectivity index (χ3n) is 3.21. The first kappa shape index (κ1) is 16.5.